The number of aromatic nitrogens is 2. The Hall–Kier alpha value is -1.99. The van der Waals surface area contributed by atoms with E-state index in [2.05, 4.69) is 0 Å². The van der Waals surface area contributed by atoms with Crippen LogP contribution in [0.15, 0.2) is 21.9 Å². The van der Waals surface area contributed by atoms with Crippen LogP contribution in [-0.4, -0.2) is 59.7 Å². The van der Waals surface area contributed by atoms with Crippen LogP contribution in [0.1, 0.15) is 0 Å². The summed E-state index contributed by atoms with van der Waals surface area (Å²) in [5.74, 6) is -1.77. The molecule has 1 aromatic rings. The molecule has 1 atom stereocenters. The lowest BCUT2D eigenvalue weighted by atomic mass is 10.3. The number of aromatic amines is 1. The van der Waals surface area contributed by atoms with Gasteiger partial charge in [-0.1, -0.05) is 3.71 Å². The van der Waals surface area contributed by atoms with Gasteiger partial charge < -0.3 is 5.11 Å². The fourth-order valence-corrected chi connectivity index (χ4v) is 4.92. The zero-order valence-electron chi connectivity index (χ0n) is 11.5. The van der Waals surface area contributed by atoms with Crippen molar-refractivity contribution in [1.29, 1.82) is 0 Å². The Kier molecular flexibility index (Phi) is 4.94. The zero-order chi connectivity index (χ0) is 17.3. The Balaban J connectivity index is 3.43. The number of carboxylic acids is 1. The van der Waals surface area contributed by atoms with Crippen LogP contribution in [0.2, 0.25) is 0 Å². The Morgan fingerprint density at radius 1 is 1.27 bits per heavy atom. The number of carboxylic acid groups (broad SMARTS) is 1. The fraction of sp³-hybridized carbons (Fsp3) is 0.444. The molecule has 1 rings (SSSR count). The maximum Gasteiger partial charge on any atom is 0.328 e. The van der Waals surface area contributed by atoms with Crippen molar-refractivity contribution in [1.82, 2.24) is 13.3 Å². The van der Waals surface area contributed by atoms with Gasteiger partial charge in [0.05, 0.1) is 19.1 Å². The van der Waals surface area contributed by atoms with Crippen LogP contribution in [0.3, 0.4) is 0 Å². The van der Waals surface area contributed by atoms with E-state index in [4.69, 9.17) is 5.11 Å². The van der Waals surface area contributed by atoms with Crippen molar-refractivity contribution >= 4 is 26.0 Å². The number of aliphatic carboxylic acids is 1. The first-order valence-electron chi connectivity index (χ1n) is 5.56. The Morgan fingerprint density at radius 2 is 1.77 bits per heavy atom. The summed E-state index contributed by atoms with van der Waals surface area (Å²) in [5.41, 5.74) is -1.74. The van der Waals surface area contributed by atoms with Crippen LogP contribution in [-0.2, 0) is 31.4 Å². The fourth-order valence-electron chi connectivity index (χ4n) is 1.72. The normalized spacial score (nSPS) is 14.0. The first-order valence-corrected chi connectivity index (χ1v) is 9.26. The lowest BCUT2D eigenvalue weighted by Crippen LogP contribution is -2.51. The van der Waals surface area contributed by atoms with Crippen LogP contribution in [0.4, 0.5) is 0 Å². The van der Waals surface area contributed by atoms with Gasteiger partial charge in [0.25, 0.3) is 5.56 Å². The summed E-state index contributed by atoms with van der Waals surface area (Å²) in [5, 5.41) is 9.12. The number of H-pyrrole nitrogens is 1. The summed E-state index contributed by atoms with van der Waals surface area (Å²) in [6.07, 6.45) is 1.99. The minimum Gasteiger partial charge on any atom is -0.480 e. The van der Waals surface area contributed by atoms with Crippen molar-refractivity contribution in [3.63, 3.8) is 0 Å². The molecule has 11 nitrogen and oxygen atoms in total. The third-order valence-corrected chi connectivity index (χ3v) is 5.90. The zero-order valence-corrected chi connectivity index (χ0v) is 13.1. The molecule has 1 aromatic heterocycles. The molecule has 0 unspecified atom stereocenters. The molecule has 0 radical (unpaired) electrons. The van der Waals surface area contributed by atoms with Gasteiger partial charge in [0.1, 0.15) is 0 Å². The summed E-state index contributed by atoms with van der Waals surface area (Å²) in [4.78, 5) is 35.5. The summed E-state index contributed by atoms with van der Waals surface area (Å²) < 4.78 is 46.9. The first kappa shape index (κ1) is 18.1. The van der Waals surface area contributed by atoms with E-state index in [9.17, 15) is 31.2 Å². The van der Waals surface area contributed by atoms with Crippen molar-refractivity contribution in [3.05, 3.63) is 33.1 Å². The molecule has 0 saturated carbocycles. The lowest BCUT2D eigenvalue weighted by molar-refractivity contribution is -0.140. The predicted octanol–water partition coefficient (Wildman–Crippen LogP) is -2.79. The number of rotatable bonds is 6. The molecule has 13 heteroatoms. The van der Waals surface area contributed by atoms with Gasteiger partial charge in [0.15, 0.2) is 6.04 Å². The van der Waals surface area contributed by atoms with Gasteiger partial charge in [0, 0.05) is 12.3 Å². The number of hydrogen-bond donors (Lipinski definition) is 2. The quantitative estimate of drug-likeness (QED) is 0.553. The van der Waals surface area contributed by atoms with Crippen LogP contribution < -0.4 is 11.2 Å². The van der Waals surface area contributed by atoms with E-state index in [-0.39, 0.29) is 3.71 Å². The number of carbonyl (C=O) groups is 1. The van der Waals surface area contributed by atoms with Gasteiger partial charge in [-0.25, -0.2) is 21.6 Å². The molecule has 0 aliphatic heterocycles. The van der Waals surface area contributed by atoms with Gasteiger partial charge >= 0.3 is 11.7 Å². The van der Waals surface area contributed by atoms with Crippen LogP contribution in [0.5, 0.6) is 0 Å². The van der Waals surface area contributed by atoms with Gasteiger partial charge in [-0.3, -0.25) is 19.1 Å². The van der Waals surface area contributed by atoms with Crippen molar-refractivity contribution in [2.75, 3.05) is 12.5 Å². The Bertz CT molecular complexity index is 863. The van der Waals surface area contributed by atoms with E-state index in [1.165, 1.54) is 0 Å². The number of nitrogens with one attached hydrogen (secondary N) is 1. The topological polar surface area (TPSA) is 164 Å². The van der Waals surface area contributed by atoms with Crippen molar-refractivity contribution < 1.29 is 26.7 Å². The monoisotopic (exact) mass is 355 g/mol. The Morgan fingerprint density at radius 3 is 2.14 bits per heavy atom. The highest BCUT2D eigenvalue weighted by Gasteiger charge is 2.39. The van der Waals surface area contributed by atoms with Gasteiger partial charge in [-0.2, -0.15) is 0 Å². The van der Waals surface area contributed by atoms with E-state index in [1.807, 2.05) is 4.98 Å². The summed E-state index contributed by atoms with van der Waals surface area (Å²) in [7, 11) is -8.86. The smallest absolute Gasteiger partial charge is 0.328 e. The molecular weight excluding hydrogens is 342 g/mol. The molecule has 0 fully saturated rings. The second kappa shape index (κ2) is 6.02. The maximum atomic E-state index is 11.6. The van der Waals surface area contributed by atoms with E-state index < -0.39 is 49.9 Å². The average Bonchev–Trinajstić information content (AvgIpc) is 2.27. The highest BCUT2D eigenvalue weighted by Crippen LogP contribution is 2.13. The molecule has 0 saturated heterocycles. The highest BCUT2D eigenvalue weighted by atomic mass is 32.3. The van der Waals surface area contributed by atoms with E-state index in [1.54, 1.807) is 0 Å². The molecule has 0 aromatic carbocycles. The molecule has 0 amide bonds. The first-order chi connectivity index (χ1) is 9.84. The molecule has 0 aliphatic rings. The minimum absolute atomic E-state index is 0.195. The highest BCUT2D eigenvalue weighted by molar-refractivity contribution is 8.03. The molecule has 0 bridgehead atoms. The van der Waals surface area contributed by atoms with Crippen LogP contribution in [0, 0.1) is 0 Å². The molecule has 0 spiro atoms. The standard InChI is InChI=1S/C9H13N3O8S2/c1-21(17,18)12(22(2,19)20)6(8(14)15)5-11-4-3-7(13)10-9(11)16/h3-4,6H,5H2,1-2H3,(H,14,15)(H,10,13,16)/t6-/m0/s1. The summed E-state index contributed by atoms with van der Waals surface area (Å²) in [6.45, 7) is -0.801. The second-order valence-electron chi connectivity index (χ2n) is 4.37. The van der Waals surface area contributed by atoms with E-state index >= 15 is 0 Å². The van der Waals surface area contributed by atoms with Crippen molar-refractivity contribution in [2.45, 2.75) is 12.6 Å². The molecule has 0 aliphatic carbocycles. The van der Waals surface area contributed by atoms with Crippen LogP contribution >= 0.6 is 0 Å². The van der Waals surface area contributed by atoms with Gasteiger partial charge in [0.2, 0.25) is 20.0 Å². The number of nitrogens with zero attached hydrogens (tertiary/aromatic N) is 2. The molecule has 1 heterocycles. The van der Waals surface area contributed by atoms with E-state index in [0.717, 1.165) is 12.3 Å². The lowest BCUT2D eigenvalue weighted by Gasteiger charge is -2.24. The van der Waals surface area contributed by atoms with Gasteiger partial charge in [-0.05, 0) is 0 Å². The third-order valence-electron chi connectivity index (χ3n) is 2.46. The van der Waals surface area contributed by atoms with E-state index in [0.29, 0.717) is 17.1 Å². The molecule has 22 heavy (non-hydrogen) atoms. The Labute approximate surface area is 124 Å². The van der Waals surface area contributed by atoms with Crippen molar-refractivity contribution in [3.8, 4) is 0 Å². The maximum absolute atomic E-state index is 11.6. The largest absolute Gasteiger partial charge is 0.480 e. The second-order valence-corrected chi connectivity index (χ2v) is 8.32. The summed E-state index contributed by atoms with van der Waals surface area (Å²) in [6, 6.07) is -1.17. The van der Waals surface area contributed by atoms with Crippen LogP contribution in [0.25, 0.3) is 0 Å². The molecule has 2 N–H and O–H groups in total. The average molecular weight is 355 g/mol. The number of hydrogen-bond acceptors (Lipinski definition) is 7. The summed E-state index contributed by atoms with van der Waals surface area (Å²) >= 11 is 0. The van der Waals surface area contributed by atoms with Crippen molar-refractivity contribution in [2.24, 2.45) is 0 Å². The van der Waals surface area contributed by atoms with Gasteiger partial charge in [-0.15, -0.1) is 0 Å². The number of sulfonamides is 2. The minimum atomic E-state index is -4.43. The SMILES string of the molecule is CS(=O)(=O)N([C@@H](Cn1ccc(=O)[nH]c1=O)C(=O)O)S(C)(=O)=O. The third kappa shape index (κ3) is 4.25. The predicted molar refractivity (Wildman–Crippen MR) is 74.3 cm³/mol. The molecular formula is C9H13N3O8S2. The molecule has 124 valence electrons.